The molecule has 22 heavy (non-hydrogen) atoms. The summed E-state index contributed by atoms with van der Waals surface area (Å²) in [4.78, 5) is 1.94. The average molecular weight is 313 g/mol. The monoisotopic (exact) mass is 313 g/mol. The van der Waals surface area contributed by atoms with Crippen molar-refractivity contribution in [2.75, 3.05) is 19.8 Å². The van der Waals surface area contributed by atoms with Crippen LogP contribution in [-0.2, 0) is 10.9 Å². The van der Waals surface area contributed by atoms with Crippen LogP contribution in [0.4, 0.5) is 13.2 Å². The summed E-state index contributed by atoms with van der Waals surface area (Å²) in [6, 6.07) is 2.51. The fraction of sp³-hybridized carbons (Fsp3) is 0.438. The highest BCUT2D eigenvalue weighted by molar-refractivity contribution is 5.43. The second kappa shape index (κ2) is 6.52. The lowest BCUT2D eigenvalue weighted by Crippen LogP contribution is -2.57. The van der Waals surface area contributed by atoms with Crippen LogP contribution in [-0.4, -0.2) is 24.7 Å². The first-order chi connectivity index (χ1) is 10.4. The van der Waals surface area contributed by atoms with Crippen molar-refractivity contribution in [2.45, 2.75) is 26.2 Å². The van der Waals surface area contributed by atoms with Crippen LogP contribution < -0.4 is 4.57 Å². The number of alkyl halides is 3. The smallest absolute Gasteiger partial charge is 0.370 e. The van der Waals surface area contributed by atoms with Crippen molar-refractivity contribution in [3.8, 4) is 0 Å². The van der Waals surface area contributed by atoms with Crippen LogP contribution in [0.1, 0.15) is 31.3 Å². The SMILES string of the molecule is C=Cc1ccc(C(F)(F)F)[n+](C2COCCN2C(C)=CC)c1. The molecule has 2 rings (SSSR count). The minimum atomic E-state index is -4.42. The molecule has 2 heterocycles. The molecule has 0 N–H and O–H groups in total. The van der Waals surface area contributed by atoms with Gasteiger partial charge in [-0.25, -0.2) is 0 Å². The van der Waals surface area contributed by atoms with Gasteiger partial charge in [-0.2, -0.15) is 17.7 Å². The van der Waals surface area contributed by atoms with Gasteiger partial charge in [-0.3, -0.25) is 0 Å². The third-order valence-corrected chi connectivity index (χ3v) is 3.82. The zero-order chi connectivity index (χ0) is 16.3. The standard InChI is InChI=1S/C16H20F3N2O/c1-4-12(3)20-8-9-22-11-15(20)21-10-13(5-2)6-7-14(21)16(17,18)19/h4-7,10,15H,2,8-9,11H2,1,3H3/q+1. The lowest BCUT2D eigenvalue weighted by Gasteiger charge is -2.34. The van der Waals surface area contributed by atoms with Gasteiger partial charge in [0.15, 0.2) is 6.20 Å². The van der Waals surface area contributed by atoms with Crippen LogP contribution in [0.3, 0.4) is 0 Å². The molecule has 1 atom stereocenters. The van der Waals surface area contributed by atoms with Crippen molar-refractivity contribution in [1.29, 1.82) is 0 Å². The minimum Gasteiger partial charge on any atom is -0.370 e. The molecular weight excluding hydrogens is 293 g/mol. The highest BCUT2D eigenvalue weighted by Gasteiger charge is 2.44. The predicted molar refractivity (Wildman–Crippen MR) is 77.7 cm³/mol. The largest absolute Gasteiger partial charge is 0.477 e. The van der Waals surface area contributed by atoms with Crippen LogP contribution in [0, 0.1) is 0 Å². The van der Waals surface area contributed by atoms with E-state index in [2.05, 4.69) is 6.58 Å². The summed E-state index contributed by atoms with van der Waals surface area (Å²) < 4.78 is 46.6. The Morgan fingerprint density at radius 3 is 2.77 bits per heavy atom. The van der Waals surface area contributed by atoms with Gasteiger partial charge in [-0.15, -0.1) is 0 Å². The summed E-state index contributed by atoms with van der Waals surface area (Å²) in [6.45, 7) is 8.66. The van der Waals surface area contributed by atoms with E-state index < -0.39 is 18.0 Å². The molecule has 1 aromatic rings. The maximum absolute atomic E-state index is 13.3. The molecule has 1 aromatic heterocycles. The maximum Gasteiger partial charge on any atom is 0.477 e. The zero-order valence-corrected chi connectivity index (χ0v) is 12.7. The average Bonchev–Trinajstić information content (AvgIpc) is 2.52. The van der Waals surface area contributed by atoms with Crippen LogP contribution in [0.25, 0.3) is 6.08 Å². The molecular formula is C16H20F3N2O+. The predicted octanol–water partition coefficient (Wildman–Crippen LogP) is 3.39. The van der Waals surface area contributed by atoms with Crippen molar-refractivity contribution in [3.63, 3.8) is 0 Å². The molecule has 1 aliphatic heterocycles. The number of ether oxygens (including phenoxy) is 1. The summed E-state index contributed by atoms with van der Waals surface area (Å²) in [6.07, 6.45) is -0.0458. The molecule has 1 aliphatic rings. The zero-order valence-electron chi connectivity index (χ0n) is 12.7. The van der Waals surface area contributed by atoms with Gasteiger partial charge in [0.2, 0.25) is 0 Å². The Bertz CT molecular complexity index is 581. The number of hydrogen-bond acceptors (Lipinski definition) is 2. The number of morpholine rings is 1. The topological polar surface area (TPSA) is 16.4 Å². The second-order valence-electron chi connectivity index (χ2n) is 5.14. The first-order valence-electron chi connectivity index (χ1n) is 7.10. The third-order valence-electron chi connectivity index (χ3n) is 3.82. The van der Waals surface area contributed by atoms with Gasteiger partial charge in [-0.05, 0) is 19.9 Å². The van der Waals surface area contributed by atoms with Gasteiger partial charge in [0.05, 0.1) is 6.61 Å². The number of halogens is 3. The Morgan fingerprint density at radius 1 is 1.45 bits per heavy atom. The molecule has 1 unspecified atom stereocenters. The van der Waals surface area contributed by atoms with Crippen molar-refractivity contribution in [2.24, 2.45) is 0 Å². The van der Waals surface area contributed by atoms with Gasteiger partial charge < -0.3 is 9.64 Å². The number of allylic oxidation sites excluding steroid dienone is 2. The molecule has 0 saturated carbocycles. The van der Waals surface area contributed by atoms with Crippen LogP contribution in [0.2, 0.25) is 0 Å². The molecule has 0 bridgehead atoms. The van der Waals surface area contributed by atoms with E-state index in [1.54, 1.807) is 0 Å². The molecule has 3 nitrogen and oxygen atoms in total. The molecule has 1 fully saturated rings. The van der Waals surface area contributed by atoms with E-state index >= 15 is 0 Å². The fourth-order valence-electron chi connectivity index (χ4n) is 2.54. The summed E-state index contributed by atoms with van der Waals surface area (Å²) in [5, 5.41) is 0. The van der Waals surface area contributed by atoms with Gasteiger partial charge in [-0.1, -0.05) is 18.7 Å². The fourth-order valence-corrected chi connectivity index (χ4v) is 2.54. The van der Waals surface area contributed by atoms with E-state index in [4.69, 9.17) is 4.74 Å². The van der Waals surface area contributed by atoms with Crippen molar-refractivity contribution in [1.82, 2.24) is 4.90 Å². The van der Waals surface area contributed by atoms with E-state index in [0.29, 0.717) is 18.7 Å². The Balaban J connectivity index is 2.54. The minimum absolute atomic E-state index is 0.208. The maximum atomic E-state index is 13.3. The Morgan fingerprint density at radius 2 is 2.18 bits per heavy atom. The quantitative estimate of drug-likeness (QED) is 0.795. The normalized spacial score (nSPS) is 20.1. The highest BCUT2D eigenvalue weighted by Crippen LogP contribution is 2.29. The van der Waals surface area contributed by atoms with Gasteiger partial charge >= 0.3 is 6.18 Å². The molecule has 120 valence electrons. The summed E-state index contributed by atoms with van der Waals surface area (Å²) in [7, 11) is 0. The van der Waals surface area contributed by atoms with Gasteiger partial charge in [0.1, 0.15) is 6.61 Å². The first-order valence-corrected chi connectivity index (χ1v) is 7.10. The van der Waals surface area contributed by atoms with E-state index in [1.807, 2.05) is 24.8 Å². The molecule has 1 saturated heterocycles. The number of rotatable bonds is 3. The van der Waals surface area contributed by atoms with Gasteiger partial charge in [0, 0.05) is 23.9 Å². The lowest BCUT2D eigenvalue weighted by atomic mass is 10.2. The van der Waals surface area contributed by atoms with Gasteiger partial charge in [0.25, 0.3) is 11.9 Å². The van der Waals surface area contributed by atoms with Crippen molar-refractivity contribution < 1.29 is 22.5 Å². The summed E-state index contributed by atoms with van der Waals surface area (Å²) in [5.41, 5.74) is 0.872. The number of nitrogens with zero attached hydrogens (tertiary/aromatic N) is 2. The van der Waals surface area contributed by atoms with Crippen LogP contribution in [0.5, 0.6) is 0 Å². The van der Waals surface area contributed by atoms with Crippen LogP contribution >= 0.6 is 0 Å². The Kier molecular flexibility index (Phi) is 4.90. The summed E-state index contributed by atoms with van der Waals surface area (Å²) in [5.74, 6) is 0. The number of aromatic nitrogens is 1. The van der Waals surface area contributed by atoms with Crippen molar-refractivity contribution in [3.05, 3.63) is 47.9 Å². The van der Waals surface area contributed by atoms with Crippen LogP contribution in [0.15, 0.2) is 36.7 Å². The molecule has 0 radical (unpaired) electrons. The Hall–Kier alpha value is -1.82. The molecule has 0 aromatic carbocycles. The third kappa shape index (κ3) is 3.32. The van der Waals surface area contributed by atoms with E-state index in [0.717, 1.165) is 11.8 Å². The van der Waals surface area contributed by atoms with E-state index in [-0.39, 0.29) is 6.61 Å². The molecule has 0 amide bonds. The summed E-state index contributed by atoms with van der Waals surface area (Å²) >= 11 is 0. The molecule has 0 aliphatic carbocycles. The highest BCUT2D eigenvalue weighted by atomic mass is 19.4. The van der Waals surface area contributed by atoms with E-state index in [1.165, 1.54) is 22.9 Å². The second-order valence-corrected chi connectivity index (χ2v) is 5.14. The molecule has 0 spiro atoms. The van der Waals surface area contributed by atoms with E-state index in [9.17, 15) is 13.2 Å². The first kappa shape index (κ1) is 16.5. The Labute approximate surface area is 128 Å². The lowest BCUT2D eigenvalue weighted by molar-refractivity contribution is -0.761. The number of hydrogen-bond donors (Lipinski definition) is 0. The molecule has 6 heteroatoms. The number of pyridine rings is 1. The van der Waals surface area contributed by atoms with Crippen molar-refractivity contribution >= 4 is 6.08 Å².